The van der Waals surface area contributed by atoms with Crippen LogP contribution in [0.25, 0.3) is 11.0 Å². The highest BCUT2D eigenvalue weighted by atomic mass is 16.2. The lowest BCUT2D eigenvalue weighted by Gasteiger charge is -2.40. The molecule has 2 aromatic rings. The maximum atomic E-state index is 12.9. The number of nitrogens with zero attached hydrogens (tertiary/aromatic N) is 5. The molecular formula is C22H30N6O4. The summed E-state index contributed by atoms with van der Waals surface area (Å²) in [5.74, 6) is -0.151. The van der Waals surface area contributed by atoms with Gasteiger partial charge in [-0.2, -0.15) is 4.68 Å². The Balaban J connectivity index is 1.55. The first-order chi connectivity index (χ1) is 15.2. The lowest BCUT2D eigenvalue weighted by atomic mass is 10.1. The van der Waals surface area contributed by atoms with E-state index in [1.807, 2.05) is 36.9 Å². The molecule has 1 aromatic heterocycles. The van der Waals surface area contributed by atoms with Crippen molar-refractivity contribution >= 4 is 28.9 Å². The molecule has 0 bridgehead atoms. The summed E-state index contributed by atoms with van der Waals surface area (Å²) < 4.78 is 2.85. The highest BCUT2D eigenvalue weighted by molar-refractivity contribution is 6.02. The molecular weight excluding hydrogens is 412 g/mol. The van der Waals surface area contributed by atoms with E-state index >= 15 is 0 Å². The van der Waals surface area contributed by atoms with Gasteiger partial charge in [-0.3, -0.25) is 24.4 Å². The Hall–Kier alpha value is -3.14. The average Bonchev–Trinajstić information content (AvgIpc) is 2.98. The van der Waals surface area contributed by atoms with Crippen molar-refractivity contribution in [3.8, 4) is 0 Å². The molecule has 10 nitrogen and oxygen atoms in total. The first-order valence-electron chi connectivity index (χ1n) is 11.0. The van der Waals surface area contributed by atoms with Crippen molar-refractivity contribution in [1.82, 2.24) is 24.4 Å². The number of amides is 4. The van der Waals surface area contributed by atoms with E-state index in [4.69, 9.17) is 0 Å². The van der Waals surface area contributed by atoms with Gasteiger partial charge in [0, 0.05) is 51.6 Å². The van der Waals surface area contributed by atoms with E-state index in [9.17, 15) is 19.2 Å². The smallest absolute Gasteiger partial charge is 0.337 e. The molecule has 2 aliphatic rings. The Bertz CT molecular complexity index is 1130. The van der Waals surface area contributed by atoms with Crippen LogP contribution in [0.15, 0.2) is 23.0 Å². The second kappa shape index (κ2) is 8.42. The number of rotatable bonds is 4. The summed E-state index contributed by atoms with van der Waals surface area (Å²) in [5.41, 5.74) is 2.06. The molecule has 0 radical (unpaired) electrons. The zero-order chi connectivity index (χ0) is 23.2. The maximum Gasteiger partial charge on any atom is 0.348 e. The van der Waals surface area contributed by atoms with Crippen LogP contribution in [0.2, 0.25) is 0 Å². The van der Waals surface area contributed by atoms with E-state index in [-0.39, 0.29) is 42.4 Å². The van der Waals surface area contributed by atoms with Gasteiger partial charge in [0.2, 0.25) is 11.8 Å². The van der Waals surface area contributed by atoms with Gasteiger partial charge < -0.3 is 4.90 Å². The predicted molar refractivity (Wildman–Crippen MR) is 120 cm³/mol. The Morgan fingerprint density at radius 3 is 2.53 bits per heavy atom. The van der Waals surface area contributed by atoms with Crippen LogP contribution in [0.4, 0.5) is 4.79 Å². The van der Waals surface area contributed by atoms with Gasteiger partial charge in [-0.15, -0.1) is 0 Å². The van der Waals surface area contributed by atoms with Crippen LogP contribution >= 0.6 is 0 Å². The van der Waals surface area contributed by atoms with Crippen molar-refractivity contribution < 1.29 is 14.4 Å². The normalized spacial score (nSPS) is 20.3. The molecule has 0 unspecified atom stereocenters. The fourth-order valence-corrected chi connectivity index (χ4v) is 4.54. The summed E-state index contributed by atoms with van der Waals surface area (Å²) in [6, 6.07) is 5.33. The highest BCUT2D eigenvalue weighted by Gasteiger charge is 2.30. The second-order valence-corrected chi connectivity index (χ2v) is 8.97. The summed E-state index contributed by atoms with van der Waals surface area (Å²) in [4.78, 5) is 53.3. The molecule has 0 spiro atoms. The highest BCUT2D eigenvalue weighted by Crippen LogP contribution is 2.20. The SMILES string of the molecule is CC(C)C(=O)N1CCN(Cc2ccc3c(c2)n(C)c(=O)n3N2CCC(=O)NC2=O)C[C@@H]1C. The van der Waals surface area contributed by atoms with Crippen LogP contribution in [0.3, 0.4) is 0 Å². The number of piperazine rings is 1. The third-order valence-electron chi connectivity index (χ3n) is 6.27. The lowest BCUT2D eigenvalue weighted by Crippen LogP contribution is -2.57. The van der Waals surface area contributed by atoms with Gasteiger partial charge in [0.05, 0.1) is 17.6 Å². The van der Waals surface area contributed by atoms with Crippen LogP contribution in [0, 0.1) is 5.92 Å². The molecule has 2 saturated heterocycles. The van der Waals surface area contributed by atoms with Crippen molar-refractivity contribution in [2.75, 3.05) is 31.2 Å². The molecule has 4 rings (SSSR count). The van der Waals surface area contributed by atoms with E-state index in [0.717, 1.165) is 24.2 Å². The molecule has 2 fully saturated rings. The molecule has 0 aliphatic carbocycles. The summed E-state index contributed by atoms with van der Waals surface area (Å²) in [7, 11) is 1.68. The summed E-state index contributed by atoms with van der Waals surface area (Å²) in [6.45, 7) is 9.09. The Morgan fingerprint density at radius 1 is 1.12 bits per heavy atom. The van der Waals surface area contributed by atoms with E-state index in [2.05, 4.69) is 17.1 Å². The summed E-state index contributed by atoms with van der Waals surface area (Å²) >= 11 is 0. The van der Waals surface area contributed by atoms with Gasteiger partial charge in [0.1, 0.15) is 0 Å². The summed E-state index contributed by atoms with van der Waals surface area (Å²) in [5, 5.41) is 3.54. The van der Waals surface area contributed by atoms with Gasteiger partial charge in [0.25, 0.3) is 0 Å². The van der Waals surface area contributed by atoms with Crippen molar-refractivity contribution in [2.24, 2.45) is 13.0 Å². The molecule has 32 heavy (non-hydrogen) atoms. The fraction of sp³-hybridized carbons (Fsp3) is 0.545. The van der Waals surface area contributed by atoms with E-state index in [1.165, 1.54) is 14.3 Å². The topological polar surface area (TPSA) is 99.9 Å². The molecule has 1 aromatic carbocycles. The maximum absolute atomic E-state index is 12.9. The first kappa shape index (κ1) is 22.1. The fourth-order valence-electron chi connectivity index (χ4n) is 4.54. The number of aryl methyl sites for hydroxylation is 1. The molecule has 10 heteroatoms. The van der Waals surface area contributed by atoms with E-state index in [1.54, 1.807) is 7.05 Å². The monoisotopic (exact) mass is 442 g/mol. The van der Waals surface area contributed by atoms with E-state index < -0.39 is 6.03 Å². The van der Waals surface area contributed by atoms with Crippen LogP contribution in [0.5, 0.6) is 0 Å². The van der Waals surface area contributed by atoms with Gasteiger partial charge in [-0.05, 0) is 24.6 Å². The zero-order valence-corrected chi connectivity index (χ0v) is 19.0. The minimum absolute atomic E-state index is 0.00293. The van der Waals surface area contributed by atoms with Crippen LogP contribution < -0.4 is 16.0 Å². The average molecular weight is 443 g/mol. The number of hydrogen-bond donors (Lipinski definition) is 1. The second-order valence-electron chi connectivity index (χ2n) is 8.97. The molecule has 2 aliphatic heterocycles. The van der Waals surface area contributed by atoms with Crippen LogP contribution in [-0.4, -0.2) is 69.1 Å². The number of hydrogen-bond acceptors (Lipinski definition) is 5. The third-order valence-corrected chi connectivity index (χ3v) is 6.27. The largest absolute Gasteiger partial charge is 0.348 e. The van der Waals surface area contributed by atoms with Gasteiger partial charge >= 0.3 is 11.7 Å². The number of imide groups is 1. The van der Waals surface area contributed by atoms with Gasteiger partial charge in [-0.25, -0.2) is 14.6 Å². The number of fused-ring (bicyclic) bond motifs is 1. The standard InChI is InChI=1S/C22H30N6O4/c1-14(2)20(30)26-10-9-25(12-15(26)3)13-16-5-6-17-18(11-16)24(4)22(32)28(17)27-8-7-19(29)23-21(27)31/h5-6,11,14-15H,7-10,12-13H2,1-4H3,(H,23,29,31)/t15-/m0/s1. The van der Waals surface area contributed by atoms with Crippen molar-refractivity contribution in [3.05, 3.63) is 34.2 Å². The number of carbonyl (C=O) groups excluding carboxylic acids is 3. The molecule has 1 N–H and O–H groups in total. The minimum Gasteiger partial charge on any atom is -0.337 e. The van der Waals surface area contributed by atoms with Crippen molar-refractivity contribution in [3.63, 3.8) is 0 Å². The minimum atomic E-state index is -0.595. The van der Waals surface area contributed by atoms with Gasteiger partial charge in [0.15, 0.2) is 0 Å². The molecule has 4 amide bonds. The number of urea groups is 1. The van der Waals surface area contributed by atoms with Crippen molar-refractivity contribution in [1.29, 1.82) is 0 Å². The molecule has 1 atom stereocenters. The lowest BCUT2D eigenvalue weighted by molar-refractivity contribution is -0.139. The van der Waals surface area contributed by atoms with Crippen LogP contribution in [-0.2, 0) is 23.2 Å². The third kappa shape index (κ3) is 3.90. The van der Waals surface area contributed by atoms with Gasteiger partial charge in [-0.1, -0.05) is 19.9 Å². The number of carbonyl (C=O) groups is 3. The van der Waals surface area contributed by atoms with Crippen molar-refractivity contribution in [2.45, 2.75) is 39.8 Å². The Labute approximate surface area is 186 Å². The number of imidazole rings is 1. The first-order valence-corrected chi connectivity index (χ1v) is 11.0. The summed E-state index contributed by atoms with van der Waals surface area (Å²) in [6.07, 6.45) is 0.149. The Morgan fingerprint density at radius 2 is 1.88 bits per heavy atom. The van der Waals surface area contributed by atoms with Crippen LogP contribution in [0.1, 0.15) is 32.8 Å². The molecule has 3 heterocycles. The number of aromatic nitrogens is 2. The molecule has 172 valence electrons. The molecule has 0 saturated carbocycles. The predicted octanol–water partition coefficient (Wildman–Crippen LogP) is 0.607. The van der Waals surface area contributed by atoms with E-state index in [0.29, 0.717) is 18.6 Å². The quantitative estimate of drug-likeness (QED) is 0.748. The number of nitrogens with one attached hydrogen (secondary N) is 1. The number of benzene rings is 1. The zero-order valence-electron chi connectivity index (χ0n) is 19.0. The Kier molecular flexibility index (Phi) is 5.81.